The van der Waals surface area contributed by atoms with Gasteiger partial charge in [-0.05, 0) is 31.1 Å². The van der Waals surface area contributed by atoms with Gasteiger partial charge in [-0.3, -0.25) is 0 Å². The summed E-state index contributed by atoms with van der Waals surface area (Å²) < 4.78 is 4.73. The van der Waals surface area contributed by atoms with E-state index < -0.39 is 5.97 Å². The van der Waals surface area contributed by atoms with Crippen molar-refractivity contribution < 1.29 is 9.53 Å². The van der Waals surface area contributed by atoms with Crippen LogP contribution in [0.2, 0.25) is 0 Å². The summed E-state index contributed by atoms with van der Waals surface area (Å²) in [6.07, 6.45) is 9.27. The average molecular weight is 294 g/mol. The second kappa shape index (κ2) is 5.72. The molecule has 1 heterocycles. The molecule has 2 saturated carbocycles. The Morgan fingerprint density at radius 2 is 2.00 bits per heavy atom. The lowest BCUT2D eigenvalue weighted by Crippen LogP contribution is -2.26. The molecule has 0 saturated heterocycles. The standard InChI is InChI=1S/C15H22N2O2S/c1-19-15(18)12-13(16)20-14(17-12)11-7-6-9-4-2-3-5-10(9)8-11/h9-11H,2-8,16H2,1H3. The van der Waals surface area contributed by atoms with Crippen molar-refractivity contribution in [3.8, 4) is 0 Å². The van der Waals surface area contributed by atoms with Gasteiger partial charge in [-0.2, -0.15) is 0 Å². The zero-order valence-corrected chi connectivity index (χ0v) is 12.7. The van der Waals surface area contributed by atoms with E-state index in [4.69, 9.17) is 10.5 Å². The molecule has 1 aromatic heterocycles. The molecule has 3 unspecified atom stereocenters. The Bertz CT molecular complexity index is 500. The van der Waals surface area contributed by atoms with Crippen LogP contribution < -0.4 is 5.73 Å². The van der Waals surface area contributed by atoms with E-state index in [0.717, 1.165) is 16.8 Å². The Morgan fingerprint density at radius 3 is 2.75 bits per heavy atom. The zero-order valence-electron chi connectivity index (χ0n) is 11.9. The fourth-order valence-corrected chi connectivity index (χ4v) is 4.83. The maximum atomic E-state index is 11.6. The van der Waals surface area contributed by atoms with Crippen LogP contribution in [0, 0.1) is 11.8 Å². The number of hydrogen-bond donors (Lipinski definition) is 1. The molecule has 2 aliphatic carbocycles. The lowest BCUT2D eigenvalue weighted by Gasteiger charge is -2.38. The van der Waals surface area contributed by atoms with E-state index >= 15 is 0 Å². The Kier molecular flexibility index (Phi) is 3.96. The number of nitrogens with two attached hydrogens (primary N) is 1. The Labute approximate surface area is 123 Å². The van der Waals surface area contributed by atoms with Crippen molar-refractivity contribution >= 4 is 22.3 Å². The van der Waals surface area contributed by atoms with Crippen LogP contribution in [0.1, 0.15) is 66.4 Å². The Balaban J connectivity index is 1.75. The number of methoxy groups -OCH3 is 1. The van der Waals surface area contributed by atoms with Crippen LogP contribution in [0.25, 0.3) is 0 Å². The first kappa shape index (κ1) is 13.9. The number of nitrogens with zero attached hydrogens (tertiary/aromatic N) is 1. The highest BCUT2D eigenvalue weighted by molar-refractivity contribution is 7.16. The number of thiazole rings is 1. The maximum absolute atomic E-state index is 11.6. The number of carbonyl (C=O) groups is 1. The van der Waals surface area contributed by atoms with E-state index in [1.54, 1.807) is 0 Å². The van der Waals surface area contributed by atoms with Crippen LogP contribution >= 0.6 is 11.3 Å². The van der Waals surface area contributed by atoms with E-state index in [-0.39, 0.29) is 0 Å². The number of rotatable bonds is 2. The molecule has 2 aliphatic rings. The predicted molar refractivity (Wildman–Crippen MR) is 79.9 cm³/mol. The van der Waals surface area contributed by atoms with Gasteiger partial charge in [0.1, 0.15) is 5.00 Å². The number of ether oxygens (including phenoxy) is 1. The van der Waals surface area contributed by atoms with Crippen molar-refractivity contribution in [2.75, 3.05) is 12.8 Å². The van der Waals surface area contributed by atoms with Crippen molar-refractivity contribution in [1.29, 1.82) is 0 Å². The molecule has 0 spiro atoms. The Morgan fingerprint density at radius 1 is 1.25 bits per heavy atom. The van der Waals surface area contributed by atoms with E-state index in [1.165, 1.54) is 63.4 Å². The number of hydrogen-bond acceptors (Lipinski definition) is 5. The zero-order chi connectivity index (χ0) is 14.1. The summed E-state index contributed by atoms with van der Waals surface area (Å²) >= 11 is 1.47. The summed E-state index contributed by atoms with van der Waals surface area (Å²) in [5, 5.41) is 1.53. The maximum Gasteiger partial charge on any atom is 0.359 e. The Hall–Kier alpha value is -1.10. The van der Waals surface area contributed by atoms with Gasteiger partial charge >= 0.3 is 5.97 Å². The van der Waals surface area contributed by atoms with Crippen molar-refractivity contribution in [3.63, 3.8) is 0 Å². The van der Waals surface area contributed by atoms with E-state index in [1.807, 2.05) is 0 Å². The molecule has 2 fully saturated rings. The number of nitrogen functional groups attached to an aromatic ring is 1. The van der Waals surface area contributed by atoms with Crippen LogP contribution in [0.15, 0.2) is 0 Å². The first-order valence-electron chi connectivity index (χ1n) is 7.53. The summed E-state index contributed by atoms with van der Waals surface area (Å²) in [6, 6.07) is 0. The molecule has 1 aromatic rings. The van der Waals surface area contributed by atoms with Crippen LogP contribution in [-0.4, -0.2) is 18.1 Å². The molecule has 110 valence electrons. The molecule has 0 aromatic carbocycles. The average Bonchev–Trinajstić information content (AvgIpc) is 2.88. The van der Waals surface area contributed by atoms with Crippen molar-refractivity contribution in [2.45, 2.75) is 50.9 Å². The van der Waals surface area contributed by atoms with Gasteiger partial charge in [0.15, 0.2) is 5.69 Å². The molecular formula is C15H22N2O2S. The summed E-state index contributed by atoms with van der Waals surface area (Å²) in [5.41, 5.74) is 6.22. The van der Waals surface area contributed by atoms with E-state index in [2.05, 4.69) is 4.98 Å². The van der Waals surface area contributed by atoms with Crippen LogP contribution in [-0.2, 0) is 4.74 Å². The third-order valence-electron chi connectivity index (χ3n) is 4.94. The molecule has 0 bridgehead atoms. The topological polar surface area (TPSA) is 65.2 Å². The monoisotopic (exact) mass is 294 g/mol. The van der Waals surface area contributed by atoms with Gasteiger partial charge in [0.2, 0.25) is 0 Å². The van der Waals surface area contributed by atoms with Crippen LogP contribution in [0.3, 0.4) is 0 Å². The van der Waals surface area contributed by atoms with Crippen LogP contribution in [0.4, 0.5) is 5.00 Å². The summed E-state index contributed by atoms with van der Waals surface area (Å²) in [6.45, 7) is 0. The van der Waals surface area contributed by atoms with Crippen molar-refractivity contribution in [3.05, 3.63) is 10.7 Å². The largest absolute Gasteiger partial charge is 0.464 e. The van der Waals surface area contributed by atoms with Crippen molar-refractivity contribution in [1.82, 2.24) is 4.98 Å². The van der Waals surface area contributed by atoms with Gasteiger partial charge in [0.05, 0.1) is 12.1 Å². The van der Waals surface area contributed by atoms with Gasteiger partial charge in [-0.15, -0.1) is 11.3 Å². The molecule has 3 rings (SSSR count). The van der Waals surface area contributed by atoms with E-state index in [9.17, 15) is 4.79 Å². The molecule has 0 amide bonds. The predicted octanol–water partition coefficient (Wildman–Crippen LogP) is 3.59. The van der Waals surface area contributed by atoms with Gasteiger partial charge in [-0.25, -0.2) is 9.78 Å². The lowest BCUT2D eigenvalue weighted by molar-refractivity contribution is 0.0595. The molecule has 4 nitrogen and oxygen atoms in total. The third kappa shape index (κ3) is 2.55. The normalized spacial score (nSPS) is 29.8. The minimum Gasteiger partial charge on any atom is -0.464 e. The molecule has 5 heteroatoms. The molecule has 2 N–H and O–H groups in total. The van der Waals surface area contributed by atoms with Gasteiger partial charge < -0.3 is 10.5 Å². The highest BCUT2D eigenvalue weighted by atomic mass is 32.1. The fourth-order valence-electron chi connectivity index (χ4n) is 3.86. The van der Waals surface area contributed by atoms with Crippen molar-refractivity contribution in [2.24, 2.45) is 11.8 Å². The smallest absolute Gasteiger partial charge is 0.359 e. The summed E-state index contributed by atoms with van der Waals surface area (Å²) in [5.74, 6) is 1.85. The van der Waals surface area contributed by atoms with Gasteiger partial charge in [0, 0.05) is 5.92 Å². The fraction of sp³-hybridized carbons (Fsp3) is 0.733. The number of anilines is 1. The molecule has 3 atom stereocenters. The number of fused-ring (bicyclic) bond motifs is 1. The molecule has 20 heavy (non-hydrogen) atoms. The highest BCUT2D eigenvalue weighted by Crippen LogP contribution is 2.47. The minimum atomic E-state index is -0.420. The first-order chi connectivity index (χ1) is 9.69. The van der Waals surface area contributed by atoms with Gasteiger partial charge in [0.25, 0.3) is 0 Å². The summed E-state index contributed by atoms with van der Waals surface area (Å²) in [7, 11) is 1.37. The lowest BCUT2D eigenvalue weighted by atomic mass is 9.68. The minimum absolute atomic E-state index is 0.304. The first-order valence-corrected chi connectivity index (χ1v) is 8.35. The molecular weight excluding hydrogens is 272 g/mol. The van der Waals surface area contributed by atoms with Crippen LogP contribution in [0.5, 0.6) is 0 Å². The molecule has 0 radical (unpaired) electrons. The second-order valence-electron chi connectivity index (χ2n) is 6.07. The SMILES string of the molecule is COC(=O)c1nc(C2CCC3CCCCC3C2)sc1N. The summed E-state index contributed by atoms with van der Waals surface area (Å²) in [4.78, 5) is 16.1. The quantitative estimate of drug-likeness (QED) is 0.847. The number of esters is 1. The second-order valence-corrected chi connectivity index (χ2v) is 7.13. The highest BCUT2D eigenvalue weighted by Gasteiger charge is 2.34. The number of aromatic nitrogens is 1. The molecule has 0 aliphatic heterocycles. The van der Waals surface area contributed by atoms with E-state index in [0.29, 0.717) is 16.6 Å². The van der Waals surface area contributed by atoms with Gasteiger partial charge in [-0.1, -0.05) is 25.7 Å². The third-order valence-corrected chi connectivity index (χ3v) is 5.98. The number of carbonyl (C=O) groups excluding carboxylic acids is 1.